The molecular weight excluding hydrogens is 262 g/mol. The molecule has 0 spiro atoms. The number of nitrogens with one attached hydrogen (secondary N) is 1. The van der Waals surface area contributed by atoms with E-state index in [1.165, 1.54) is 24.2 Å². The predicted octanol–water partition coefficient (Wildman–Crippen LogP) is 3.73. The summed E-state index contributed by atoms with van der Waals surface area (Å²) in [5.74, 6) is 1.76. The van der Waals surface area contributed by atoms with Gasteiger partial charge in [0.2, 0.25) is 0 Å². The first-order valence-corrected chi connectivity index (χ1v) is 7.92. The van der Waals surface area contributed by atoms with Crippen molar-refractivity contribution in [1.82, 2.24) is 19.6 Å². The van der Waals surface area contributed by atoms with E-state index < -0.39 is 0 Å². The number of hydrogen-bond acceptors (Lipinski definition) is 3. The van der Waals surface area contributed by atoms with Crippen molar-refractivity contribution in [2.24, 2.45) is 0 Å². The van der Waals surface area contributed by atoms with E-state index in [1.54, 1.807) is 0 Å². The second-order valence-corrected chi connectivity index (χ2v) is 6.48. The molecule has 2 aromatic rings. The van der Waals surface area contributed by atoms with Gasteiger partial charge in [-0.2, -0.15) is 10.2 Å². The van der Waals surface area contributed by atoms with Gasteiger partial charge in [-0.05, 0) is 46.6 Å². The van der Waals surface area contributed by atoms with Gasteiger partial charge in [0.25, 0.3) is 0 Å². The van der Waals surface area contributed by atoms with Crippen LogP contribution in [0.15, 0.2) is 18.3 Å². The van der Waals surface area contributed by atoms with Crippen molar-refractivity contribution >= 4 is 5.82 Å². The molecule has 2 heterocycles. The first-order chi connectivity index (χ1) is 10.1. The molecule has 3 rings (SSSR count). The van der Waals surface area contributed by atoms with Crippen LogP contribution in [0, 0.1) is 0 Å². The van der Waals surface area contributed by atoms with Gasteiger partial charge in [-0.25, -0.2) is 4.68 Å². The summed E-state index contributed by atoms with van der Waals surface area (Å²) in [6.07, 6.45) is 4.43. The van der Waals surface area contributed by atoms with Crippen LogP contribution < -0.4 is 5.32 Å². The third-order valence-electron chi connectivity index (χ3n) is 3.93. The highest BCUT2D eigenvalue weighted by Crippen LogP contribution is 2.39. The summed E-state index contributed by atoms with van der Waals surface area (Å²) in [7, 11) is 0. The summed E-state index contributed by atoms with van der Waals surface area (Å²) in [6, 6.07) is 5.04. The van der Waals surface area contributed by atoms with Crippen molar-refractivity contribution < 1.29 is 0 Å². The summed E-state index contributed by atoms with van der Waals surface area (Å²) in [4.78, 5) is 0. The van der Waals surface area contributed by atoms with Crippen molar-refractivity contribution in [3.05, 3.63) is 29.7 Å². The summed E-state index contributed by atoms with van der Waals surface area (Å²) in [5, 5.41) is 12.6. The van der Waals surface area contributed by atoms with E-state index in [9.17, 15) is 0 Å². The van der Waals surface area contributed by atoms with Crippen molar-refractivity contribution in [2.75, 3.05) is 5.32 Å². The lowest BCUT2D eigenvalue weighted by Gasteiger charge is -2.14. The van der Waals surface area contributed by atoms with E-state index in [2.05, 4.69) is 48.9 Å². The zero-order chi connectivity index (χ0) is 15.0. The largest absolute Gasteiger partial charge is 0.365 e. The lowest BCUT2D eigenvalue weighted by Crippen LogP contribution is -2.14. The molecule has 1 fully saturated rings. The molecule has 0 unspecified atom stereocenters. The third-order valence-corrected chi connectivity index (χ3v) is 3.93. The van der Waals surface area contributed by atoms with Crippen LogP contribution >= 0.6 is 0 Å². The molecule has 5 nitrogen and oxygen atoms in total. The van der Waals surface area contributed by atoms with Gasteiger partial charge >= 0.3 is 0 Å². The average Bonchev–Trinajstić information content (AvgIpc) is 3.02. The van der Waals surface area contributed by atoms with Gasteiger partial charge in [-0.1, -0.05) is 0 Å². The molecule has 0 aliphatic heterocycles. The molecule has 0 radical (unpaired) electrons. The maximum absolute atomic E-state index is 4.78. The van der Waals surface area contributed by atoms with E-state index in [4.69, 9.17) is 5.10 Å². The Morgan fingerprint density at radius 3 is 2.52 bits per heavy atom. The fraction of sp³-hybridized carbons (Fsp3) is 0.625. The van der Waals surface area contributed by atoms with Gasteiger partial charge in [-0.3, -0.25) is 4.68 Å². The highest BCUT2D eigenvalue weighted by atomic mass is 15.3. The number of aromatic nitrogens is 4. The predicted molar refractivity (Wildman–Crippen MR) is 84.5 cm³/mol. The Morgan fingerprint density at radius 2 is 1.90 bits per heavy atom. The van der Waals surface area contributed by atoms with Gasteiger partial charge < -0.3 is 5.32 Å². The second kappa shape index (κ2) is 5.54. The lowest BCUT2D eigenvalue weighted by atomic mass is 10.2. The van der Waals surface area contributed by atoms with Gasteiger partial charge in [-0.15, -0.1) is 0 Å². The molecule has 5 heteroatoms. The van der Waals surface area contributed by atoms with E-state index in [0.29, 0.717) is 18.0 Å². The molecule has 2 aromatic heterocycles. The Morgan fingerprint density at radius 1 is 1.19 bits per heavy atom. The quantitative estimate of drug-likeness (QED) is 0.880. The third kappa shape index (κ3) is 2.96. The molecule has 1 N–H and O–H groups in total. The second-order valence-electron chi connectivity index (χ2n) is 6.48. The maximum Gasteiger partial charge on any atom is 0.124 e. The molecular formula is C16H25N5. The Balaban J connectivity index is 1.76. The number of anilines is 1. The van der Waals surface area contributed by atoms with Crippen LogP contribution in [0.2, 0.25) is 0 Å². The SMILES string of the molecule is CC(C)n1nc(C2CC2)cc1CNc1ccnn1C(C)C. The van der Waals surface area contributed by atoms with E-state index >= 15 is 0 Å². The Kier molecular flexibility index (Phi) is 3.74. The molecule has 1 aliphatic carbocycles. The van der Waals surface area contributed by atoms with Crippen molar-refractivity contribution in [2.45, 2.75) is 65.1 Å². The van der Waals surface area contributed by atoms with Crippen LogP contribution in [-0.2, 0) is 6.54 Å². The Labute approximate surface area is 126 Å². The molecule has 0 aromatic carbocycles. The zero-order valence-corrected chi connectivity index (χ0v) is 13.4. The molecule has 0 bridgehead atoms. The first-order valence-electron chi connectivity index (χ1n) is 7.92. The molecule has 0 amide bonds. The molecule has 1 saturated carbocycles. The summed E-state index contributed by atoms with van der Waals surface area (Å²) >= 11 is 0. The lowest BCUT2D eigenvalue weighted by molar-refractivity contribution is 0.505. The van der Waals surface area contributed by atoms with Crippen LogP contribution in [0.25, 0.3) is 0 Å². The van der Waals surface area contributed by atoms with Crippen LogP contribution in [0.5, 0.6) is 0 Å². The van der Waals surface area contributed by atoms with Crippen LogP contribution in [-0.4, -0.2) is 19.6 Å². The highest BCUT2D eigenvalue weighted by Gasteiger charge is 2.27. The fourth-order valence-corrected chi connectivity index (χ4v) is 2.66. The fourth-order valence-electron chi connectivity index (χ4n) is 2.66. The van der Waals surface area contributed by atoms with Gasteiger partial charge in [0.1, 0.15) is 5.82 Å². The normalized spacial score (nSPS) is 15.1. The summed E-state index contributed by atoms with van der Waals surface area (Å²) in [5.41, 5.74) is 2.52. The minimum Gasteiger partial charge on any atom is -0.365 e. The number of nitrogens with zero attached hydrogens (tertiary/aromatic N) is 4. The zero-order valence-electron chi connectivity index (χ0n) is 13.4. The topological polar surface area (TPSA) is 47.7 Å². The highest BCUT2D eigenvalue weighted by molar-refractivity contribution is 5.35. The van der Waals surface area contributed by atoms with Crippen molar-refractivity contribution in [3.8, 4) is 0 Å². The average molecular weight is 287 g/mol. The minimum atomic E-state index is 0.361. The Bertz CT molecular complexity index is 604. The van der Waals surface area contributed by atoms with Crippen LogP contribution in [0.4, 0.5) is 5.82 Å². The van der Waals surface area contributed by atoms with Crippen LogP contribution in [0.3, 0.4) is 0 Å². The monoisotopic (exact) mass is 287 g/mol. The van der Waals surface area contributed by atoms with E-state index in [0.717, 1.165) is 12.4 Å². The first kappa shape index (κ1) is 14.2. The molecule has 0 saturated heterocycles. The summed E-state index contributed by atoms with van der Waals surface area (Å²) in [6.45, 7) is 9.44. The van der Waals surface area contributed by atoms with E-state index in [-0.39, 0.29) is 0 Å². The molecule has 21 heavy (non-hydrogen) atoms. The van der Waals surface area contributed by atoms with Gasteiger partial charge in [0.05, 0.1) is 24.1 Å². The smallest absolute Gasteiger partial charge is 0.124 e. The molecule has 1 aliphatic rings. The summed E-state index contributed by atoms with van der Waals surface area (Å²) < 4.78 is 4.16. The van der Waals surface area contributed by atoms with Crippen molar-refractivity contribution in [1.29, 1.82) is 0 Å². The molecule has 114 valence electrons. The Hall–Kier alpha value is -1.78. The van der Waals surface area contributed by atoms with Crippen molar-refractivity contribution in [3.63, 3.8) is 0 Å². The minimum absolute atomic E-state index is 0.361. The van der Waals surface area contributed by atoms with Crippen LogP contribution in [0.1, 0.15) is 69.9 Å². The van der Waals surface area contributed by atoms with E-state index in [1.807, 2.05) is 16.9 Å². The standard InChI is InChI=1S/C16H25N5/c1-11(2)20-14(9-15(19-20)13-5-6-13)10-17-16-7-8-18-21(16)12(3)4/h7-9,11-13,17H,5-6,10H2,1-4H3. The molecule has 0 atom stereocenters. The van der Waals surface area contributed by atoms with Gasteiger partial charge in [0.15, 0.2) is 0 Å². The number of hydrogen-bond donors (Lipinski definition) is 1. The van der Waals surface area contributed by atoms with Gasteiger partial charge in [0, 0.05) is 24.1 Å². The maximum atomic E-state index is 4.78. The number of rotatable bonds is 6.